The Bertz CT molecular complexity index is 1320. The minimum atomic E-state index is -4.33. The summed E-state index contributed by atoms with van der Waals surface area (Å²) in [5, 5.41) is 16.2. The first-order valence-electron chi connectivity index (χ1n) is 12.6. The third kappa shape index (κ3) is 4.63. The highest BCUT2D eigenvalue weighted by molar-refractivity contribution is 7.97. The molecule has 0 radical (unpaired) electrons. The summed E-state index contributed by atoms with van der Waals surface area (Å²) in [5.41, 5.74) is 2.52. The molecule has 5 nitrogen and oxygen atoms in total. The number of fused-ring (bicyclic) bond motifs is 2. The lowest BCUT2D eigenvalue weighted by Gasteiger charge is -2.50. The Kier molecular flexibility index (Phi) is 6.52. The van der Waals surface area contributed by atoms with Gasteiger partial charge in [-0.1, -0.05) is 35.7 Å². The zero-order chi connectivity index (χ0) is 26.5. The van der Waals surface area contributed by atoms with Crippen molar-refractivity contribution in [1.82, 2.24) is 14.1 Å². The quantitative estimate of drug-likeness (QED) is 0.382. The molecule has 4 aliphatic rings. The zero-order valence-electron chi connectivity index (χ0n) is 20.4. The van der Waals surface area contributed by atoms with Gasteiger partial charge in [0.15, 0.2) is 0 Å². The molecule has 1 N–H and O–H groups in total. The lowest BCUT2D eigenvalue weighted by molar-refractivity contribution is -0.0886. The Morgan fingerprint density at radius 1 is 1.18 bits per heavy atom. The molecule has 0 saturated carbocycles. The van der Waals surface area contributed by atoms with Crippen molar-refractivity contribution in [2.24, 2.45) is 5.41 Å². The third-order valence-corrected chi connectivity index (χ3v) is 9.04. The van der Waals surface area contributed by atoms with Crippen LogP contribution in [0.3, 0.4) is 0 Å². The van der Waals surface area contributed by atoms with Gasteiger partial charge in [-0.2, -0.15) is 18.3 Å². The van der Waals surface area contributed by atoms with Gasteiger partial charge in [0.25, 0.3) is 0 Å². The molecule has 38 heavy (non-hydrogen) atoms. The summed E-state index contributed by atoms with van der Waals surface area (Å²) in [6, 6.07) is 6.18. The number of aromatic nitrogens is 2. The zero-order valence-corrected chi connectivity index (χ0v) is 21.3. The van der Waals surface area contributed by atoms with E-state index in [1.807, 2.05) is 6.08 Å². The number of alkyl halides is 3. The molecule has 1 saturated heterocycles. The maximum atomic E-state index is 13.5. The molecule has 0 spiro atoms. The Morgan fingerprint density at radius 2 is 2.00 bits per heavy atom. The first kappa shape index (κ1) is 25.5. The molecule has 0 amide bonds. The van der Waals surface area contributed by atoms with E-state index >= 15 is 0 Å². The molecule has 4 atom stereocenters. The van der Waals surface area contributed by atoms with Crippen molar-refractivity contribution in [2.75, 3.05) is 13.1 Å². The third-order valence-electron chi connectivity index (χ3n) is 7.81. The van der Waals surface area contributed by atoms with Crippen LogP contribution in [0.15, 0.2) is 72.2 Å². The SMILES string of the molecule is OC(C1CC=CO1)[C@]12Cc3cnn(-c4ccc(F)cc4)c3C=C1CCN(SC1C=CC(C(F)(F)F)=CC1)C2. The fourth-order valence-corrected chi connectivity index (χ4v) is 7.08. The Morgan fingerprint density at radius 3 is 2.68 bits per heavy atom. The number of aliphatic hydroxyl groups is 1. The van der Waals surface area contributed by atoms with E-state index < -0.39 is 23.3 Å². The van der Waals surface area contributed by atoms with Crippen LogP contribution in [0.2, 0.25) is 0 Å². The standard InChI is InChI=1S/C28H27F4N3O2S/c29-21-5-7-22(8-6-21)35-24-14-20-11-12-34(38-23-9-3-19(4-10-23)28(30,31)32)17-27(20,15-18(24)16-33-35)26(36)25-2-1-13-37-25/h1,3-9,13-14,16,23,25-26,36H,2,10-12,15,17H2/t23?,25?,26?,27-/m0/s1. The van der Waals surface area contributed by atoms with E-state index in [1.165, 1.54) is 30.2 Å². The van der Waals surface area contributed by atoms with Crippen LogP contribution in [0.5, 0.6) is 0 Å². The van der Waals surface area contributed by atoms with E-state index in [4.69, 9.17) is 4.74 Å². The van der Waals surface area contributed by atoms with Crippen LogP contribution < -0.4 is 0 Å². The van der Waals surface area contributed by atoms with Crippen molar-refractivity contribution < 1.29 is 27.4 Å². The molecule has 2 aliphatic carbocycles. The van der Waals surface area contributed by atoms with E-state index in [2.05, 4.69) is 15.5 Å². The van der Waals surface area contributed by atoms with Gasteiger partial charge in [-0.05, 0) is 61.2 Å². The summed E-state index contributed by atoms with van der Waals surface area (Å²) in [6.45, 7) is 1.24. The highest BCUT2D eigenvalue weighted by atomic mass is 32.2. The van der Waals surface area contributed by atoms with Crippen LogP contribution >= 0.6 is 11.9 Å². The first-order chi connectivity index (χ1) is 18.2. The predicted octanol–water partition coefficient (Wildman–Crippen LogP) is 5.77. The van der Waals surface area contributed by atoms with Gasteiger partial charge in [-0.3, -0.25) is 0 Å². The van der Waals surface area contributed by atoms with E-state index in [0.717, 1.165) is 28.6 Å². The Labute approximate surface area is 222 Å². The van der Waals surface area contributed by atoms with Crippen molar-refractivity contribution in [3.05, 3.63) is 89.2 Å². The lowest BCUT2D eigenvalue weighted by atomic mass is 9.64. The summed E-state index contributed by atoms with van der Waals surface area (Å²) >= 11 is 1.54. The van der Waals surface area contributed by atoms with Gasteiger partial charge in [-0.25, -0.2) is 13.4 Å². The maximum absolute atomic E-state index is 13.5. The van der Waals surface area contributed by atoms with Crippen LogP contribution in [0.25, 0.3) is 11.8 Å². The summed E-state index contributed by atoms with van der Waals surface area (Å²) < 4.78 is 62.3. The monoisotopic (exact) mass is 545 g/mol. The molecule has 2 aliphatic heterocycles. The molecule has 0 bridgehead atoms. The molecule has 10 heteroatoms. The molecule has 3 heterocycles. The van der Waals surface area contributed by atoms with E-state index in [-0.39, 0.29) is 17.2 Å². The van der Waals surface area contributed by atoms with Crippen LogP contribution in [-0.2, 0) is 11.2 Å². The number of hydrogen-bond acceptors (Lipinski definition) is 5. The number of halogens is 4. The predicted molar refractivity (Wildman–Crippen MR) is 138 cm³/mol. The summed E-state index contributed by atoms with van der Waals surface area (Å²) in [4.78, 5) is 0. The fraction of sp³-hybridized carbons (Fsp3) is 0.393. The molecular formula is C28H27F4N3O2S. The number of rotatable bonds is 5. The summed E-state index contributed by atoms with van der Waals surface area (Å²) in [7, 11) is 0. The van der Waals surface area contributed by atoms with Gasteiger partial charge >= 0.3 is 6.18 Å². The highest BCUT2D eigenvalue weighted by Crippen LogP contribution is 2.50. The van der Waals surface area contributed by atoms with E-state index in [1.54, 1.807) is 35.3 Å². The molecule has 1 fully saturated rings. The first-order valence-corrected chi connectivity index (χ1v) is 13.5. The Hall–Kier alpha value is -2.82. The molecule has 6 rings (SSSR count). The Balaban J connectivity index is 1.28. The van der Waals surface area contributed by atoms with Gasteiger partial charge in [-0.15, -0.1) is 0 Å². The van der Waals surface area contributed by atoms with E-state index in [0.29, 0.717) is 38.8 Å². The fourth-order valence-electron chi connectivity index (χ4n) is 5.87. The minimum absolute atomic E-state index is 0.106. The lowest BCUT2D eigenvalue weighted by Crippen LogP contribution is -2.55. The van der Waals surface area contributed by atoms with Gasteiger partial charge in [0, 0.05) is 30.2 Å². The number of ether oxygens (including phenoxy) is 1. The average Bonchev–Trinajstić information content (AvgIpc) is 3.57. The van der Waals surface area contributed by atoms with Crippen molar-refractivity contribution in [1.29, 1.82) is 0 Å². The van der Waals surface area contributed by atoms with Crippen LogP contribution in [0.1, 0.15) is 30.5 Å². The van der Waals surface area contributed by atoms with Crippen molar-refractivity contribution in [2.45, 2.75) is 49.3 Å². The topological polar surface area (TPSA) is 50.5 Å². The number of hydrogen-bond donors (Lipinski definition) is 1. The number of allylic oxidation sites excluding steroid dienone is 3. The van der Waals surface area contributed by atoms with Gasteiger partial charge < -0.3 is 9.84 Å². The molecular weight excluding hydrogens is 518 g/mol. The average molecular weight is 546 g/mol. The van der Waals surface area contributed by atoms with Crippen molar-refractivity contribution >= 4 is 18.0 Å². The number of nitrogens with zero attached hydrogens (tertiary/aromatic N) is 3. The summed E-state index contributed by atoms with van der Waals surface area (Å²) in [5.74, 6) is -0.316. The van der Waals surface area contributed by atoms with Crippen LogP contribution in [-0.4, -0.2) is 55.9 Å². The smallest absolute Gasteiger partial charge is 0.416 e. The molecule has 1 aromatic heterocycles. The van der Waals surface area contributed by atoms with Gasteiger partial charge in [0.1, 0.15) is 18.0 Å². The highest BCUT2D eigenvalue weighted by Gasteiger charge is 2.51. The second-order valence-corrected chi connectivity index (χ2v) is 11.5. The van der Waals surface area contributed by atoms with Crippen molar-refractivity contribution in [3.63, 3.8) is 0 Å². The van der Waals surface area contributed by atoms with Gasteiger partial charge in [0.2, 0.25) is 0 Å². The number of benzene rings is 1. The second-order valence-electron chi connectivity index (χ2n) is 10.2. The van der Waals surface area contributed by atoms with Crippen molar-refractivity contribution in [3.8, 4) is 5.69 Å². The van der Waals surface area contributed by atoms with Crippen LogP contribution in [0.4, 0.5) is 17.6 Å². The number of aliphatic hydroxyl groups excluding tert-OH is 1. The van der Waals surface area contributed by atoms with E-state index in [9.17, 15) is 22.7 Å². The summed E-state index contributed by atoms with van der Waals surface area (Å²) in [6.07, 6.45) is 8.13. The molecule has 2 aromatic rings. The maximum Gasteiger partial charge on any atom is 0.416 e. The second kappa shape index (κ2) is 9.73. The minimum Gasteiger partial charge on any atom is -0.495 e. The number of piperidine rings is 1. The normalized spacial score (nSPS) is 27.8. The van der Waals surface area contributed by atoms with Crippen LogP contribution in [0, 0.1) is 11.2 Å². The van der Waals surface area contributed by atoms with Gasteiger partial charge in [0.05, 0.1) is 29.4 Å². The molecule has 3 unspecified atom stereocenters. The molecule has 200 valence electrons. The molecule has 1 aromatic carbocycles. The largest absolute Gasteiger partial charge is 0.495 e.